The first-order valence-corrected chi connectivity index (χ1v) is 11.3. The van der Waals surface area contributed by atoms with Crippen LogP contribution in [0.4, 0.5) is 0 Å². The van der Waals surface area contributed by atoms with Crippen LogP contribution >= 0.6 is 11.6 Å². The van der Waals surface area contributed by atoms with Gasteiger partial charge in [-0.15, -0.1) is 0 Å². The third-order valence-electron chi connectivity index (χ3n) is 5.98. The highest BCUT2D eigenvalue weighted by molar-refractivity contribution is 6.30. The number of hydrogen-bond donors (Lipinski definition) is 2. The smallest absolute Gasteiger partial charge is 0.220 e. The SMILES string of the molecule is COc1ccccc1-n1cc(CNC(=O)CC[C@@]2(Cc3ccc(Cl)cc3)CCC(=O)N2)cn1. The number of ether oxygens (including phenoxy) is 1. The molecule has 2 N–H and O–H groups in total. The average molecular weight is 467 g/mol. The molecule has 4 rings (SSSR count). The van der Waals surface area contributed by atoms with Gasteiger partial charge in [0.2, 0.25) is 11.8 Å². The van der Waals surface area contributed by atoms with E-state index in [1.54, 1.807) is 18.0 Å². The van der Waals surface area contributed by atoms with Crippen LogP contribution in [0.1, 0.15) is 36.8 Å². The van der Waals surface area contributed by atoms with E-state index in [1.807, 2.05) is 54.7 Å². The van der Waals surface area contributed by atoms with E-state index in [2.05, 4.69) is 15.7 Å². The van der Waals surface area contributed by atoms with Crippen molar-refractivity contribution in [1.29, 1.82) is 0 Å². The summed E-state index contributed by atoms with van der Waals surface area (Å²) in [6, 6.07) is 15.2. The van der Waals surface area contributed by atoms with E-state index in [9.17, 15) is 9.59 Å². The average Bonchev–Trinajstić information content (AvgIpc) is 3.45. The molecule has 1 aliphatic heterocycles. The van der Waals surface area contributed by atoms with Crippen LogP contribution in [0.3, 0.4) is 0 Å². The summed E-state index contributed by atoms with van der Waals surface area (Å²) in [6.07, 6.45) is 6.38. The zero-order valence-electron chi connectivity index (χ0n) is 18.5. The molecule has 0 spiro atoms. The van der Waals surface area contributed by atoms with Crippen molar-refractivity contribution >= 4 is 23.4 Å². The molecule has 0 radical (unpaired) electrons. The van der Waals surface area contributed by atoms with Crippen molar-refractivity contribution in [1.82, 2.24) is 20.4 Å². The lowest BCUT2D eigenvalue weighted by atomic mass is 9.85. The Morgan fingerprint density at radius 1 is 1.21 bits per heavy atom. The van der Waals surface area contributed by atoms with Crippen molar-refractivity contribution in [3.63, 3.8) is 0 Å². The molecule has 1 atom stereocenters. The van der Waals surface area contributed by atoms with Crippen LogP contribution in [0.15, 0.2) is 60.9 Å². The molecule has 8 heteroatoms. The van der Waals surface area contributed by atoms with Gasteiger partial charge in [0.05, 0.1) is 13.3 Å². The maximum atomic E-state index is 12.6. The number of amides is 2. The number of carbonyl (C=O) groups is 2. The van der Waals surface area contributed by atoms with E-state index in [4.69, 9.17) is 16.3 Å². The zero-order valence-corrected chi connectivity index (χ0v) is 19.3. The van der Waals surface area contributed by atoms with E-state index in [-0.39, 0.29) is 11.8 Å². The van der Waals surface area contributed by atoms with Crippen LogP contribution in [-0.4, -0.2) is 34.2 Å². The largest absolute Gasteiger partial charge is 0.494 e. The Labute approximate surface area is 198 Å². The van der Waals surface area contributed by atoms with Gasteiger partial charge in [-0.05, 0) is 49.1 Å². The Morgan fingerprint density at radius 3 is 2.73 bits per heavy atom. The van der Waals surface area contributed by atoms with E-state index >= 15 is 0 Å². The second-order valence-corrected chi connectivity index (χ2v) is 8.81. The normalized spacial score (nSPS) is 17.6. The Morgan fingerprint density at radius 2 is 2.00 bits per heavy atom. The highest BCUT2D eigenvalue weighted by atomic mass is 35.5. The standard InChI is InChI=1S/C25H27ClN4O3/c1-33-22-5-3-2-4-21(22)30-17-19(16-28-30)15-27-23(31)10-12-25(13-11-24(32)29-25)14-18-6-8-20(26)9-7-18/h2-9,16-17H,10-15H2,1H3,(H,27,31)(H,29,32)/t25-/m0/s1. The minimum absolute atomic E-state index is 0.0353. The predicted molar refractivity (Wildman–Crippen MR) is 126 cm³/mol. The number of para-hydroxylation sites is 2. The quantitative estimate of drug-likeness (QED) is 0.502. The number of rotatable bonds is 9. The van der Waals surface area contributed by atoms with Crippen molar-refractivity contribution in [2.75, 3.05) is 7.11 Å². The van der Waals surface area contributed by atoms with Crippen LogP contribution in [0.5, 0.6) is 5.75 Å². The van der Waals surface area contributed by atoms with Crippen molar-refractivity contribution < 1.29 is 14.3 Å². The molecule has 2 heterocycles. The van der Waals surface area contributed by atoms with Crippen LogP contribution < -0.4 is 15.4 Å². The second-order valence-electron chi connectivity index (χ2n) is 8.37. The fourth-order valence-corrected chi connectivity index (χ4v) is 4.35. The molecule has 3 aromatic rings. The summed E-state index contributed by atoms with van der Waals surface area (Å²) in [4.78, 5) is 24.6. The molecule has 2 amide bonds. The molecule has 1 fully saturated rings. The number of carbonyl (C=O) groups excluding carboxylic acids is 2. The lowest BCUT2D eigenvalue weighted by molar-refractivity contribution is -0.122. The fourth-order valence-electron chi connectivity index (χ4n) is 4.22. The summed E-state index contributed by atoms with van der Waals surface area (Å²) in [7, 11) is 1.62. The molecule has 0 saturated carbocycles. The number of benzene rings is 2. The van der Waals surface area contributed by atoms with Gasteiger partial charge in [-0.25, -0.2) is 4.68 Å². The van der Waals surface area contributed by atoms with Crippen molar-refractivity contribution in [3.8, 4) is 11.4 Å². The van der Waals surface area contributed by atoms with Gasteiger partial charge < -0.3 is 15.4 Å². The number of halogens is 1. The third-order valence-corrected chi connectivity index (χ3v) is 6.23. The topological polar surface area (TPSA) is 85.2 Å². The molecular formula is C25H27ClN4O3. The minimum atomic E-state index is -0.406. The monoisotopic (exact) mass is 466 g/mol. The lowest BCUT2D eigenvalue weighted by Gasteiger charge is -2.29. The molecule has 0 bridgehead atoms. The third kappa shape index (κ3) is 5.73. The van der Waals surface area contributed by atoms with Gasteiger partial charge in [0.1, 0.15) is 11.4 Å². The first kappa shape index (κ1) is 22.9. The number of aromatic nitrogens is 2. The summed E-state index contributed by atoms with van der Waals surface area (Å²) in [5, 5.41) is 11.1. The molecule has 33 heavy (non-hydrogen) atoms. The van der Waals surface area contributed by atoms with Gasteiger partial charge in [0.25, 0.3) is 0 Å². The highest BCUT2D eigenvalue weighted by Crippen LogP contribution is 2.30. The molecule has 172 valence electrons. The van der Waals surface area contributed by atoms with Crippen molar-refractivity contribution in [2.24, 2.45) is 0 Å². The summed E-state index contributed by atoms with van der Waals surface area (Å²) >= 11 is 5.99. The molecule has 2 aromatic carbocycles. The van der Waals surface area contributed by atoms with Crippen LogP contribution in [0.2, 0.25) is 5.02 Å². The number of methoxy groups -OCH3 is 1. The van der Waals surface area contributed by atoms with Crippen molar-refractivity contribution in [3.05, 3.63) is 77.1 Å². The number of hydrogen-bond acceptors (Lipinski definition) is 4. The summed E-state index contributed by atoms with van der Waals surface area (Å²) < 4.78 is 7.12. The zero-order chi connectivity index (χ0) is 23.3. The van der Waals surface area contributed by atoms with Gasteiger partial charge in [-0.1, -0.05) is 35.9 Å². The fraction of sp³-hybridized carbons (Fsp3) is 0.320. The van der Waals surface area contributed by atoms with E-state index in [0.717, 1.165) is 22.6 Å². The Bertz CT molecular complexity index is 1130. The maximum absolute atomic E-state index is 12.6. The van der Waals surface area contributed by atoms with E-state index in [0.29, 0.717) is 43.7 Å². The van der Waals surface area contributed by atoms with E-state index < -0.39 is 5.54 Å². The van der Waals surface area contributed by atoms with Crippen molar-refractivity contribution in [2.45, 2.75) is 44.2 Å². The molecule has 1 aliphatic rings. The number of nitrogens with zero attached hydrogens (tertiary/aromatic N) is 2. The predicted octanol–water partition coefficient (Wildman–Crippen LogP) is 3.82. The minimum Gasteiger partial charge on any atom is -0.494 e. The van der Waals surface area contributed by atoms with Gasteiger partial charge in [0.15, 0.2) is 0 Å². The highest BCUT2D eigenvalue weighted by Gasteiger charge is 2.37. The lowest BCUT2D eigenvalue weighted by Crippen LogP contribution is -2.44. The summed E-state index contributed by atoms with van der Waals surface area (Å²) in [5.41, 5.74) is 2.40. The maximum Gasteiger partial charge on any atom is 0.220 e. The second kappa shape index (κ2) is 10.1. The number of nitrogens with one attached hydrogen (secondary N) is 2. The van der Waals surface area contributed by atoms with E-state index in [1.165, 1.54) is 0 Å². The molecule has 0 aliphatic carbocycles. The van der Waals surface area contributed by atoms with Gasteiger partial charge in [-0.3, -0.25) is 9.59 Å². The molecular weight excluding hydrogens is 440 g/mol. The van der Waals surface area contributed by atoms with Gasteiger partial charge in [-0.2, -0.15) is 5.10 Å². The first-order valence-electron chi connectivity index (χ1n) is 11.0. The molecule has 0 unspecified atom stereocenters. The molecule has 7 nitrogen and oxygen atoms in total. The van der Waals surface area contributed by atoms with Gasteiger partial charge >= 0.3 is 0 Å². The van der Waals surface area contributed by atoms with Crippen LogP contribution in [0.25, 0.3) is 5.69 Å². The first-order chi connectivity index (χ1) is 16.0. The van der Waals surface area contributed by atoms with Crippen LogP contribution in [0, 0.1) is 0 Å². The summed E-state index contributed by atoms with van der Waals surface area (Å²) in [5.74, 6) is 0.700. The Hall–Kier alpha value is -3.32. The van der Waals surface area contributed by atoms with Gasteiger partial charge in [0, 0.05) is 41.7 Å². The Kier molecular flexibility index (Phi) is 6.99. The van der Waals surface area contributed by atoms with Crippen LogP contribution in [-0.2, 0) is 22.6 Å². The molecule has 1 aromatic heterocycles. The molecule has 1 saturated heterocycles. The Balaban J connectivity index is 1.33. The summed E-state index contributed by atoms with van der Waals surface area (Å²) in [6.45, 7) is 0.379.